The number of nitrogens with zero attached hydrogens (tertiary/aromatic N) is 2. The van der Waals surface area contributed by atoms with Crippen LogP contribution in [0.3, 0.4) is 0 Å². The largest absolute Gasteiger partial charge is 0.301 e. The molecule has 1 aromatic rings. The van der Waals surface area contributed by atoms with Gasteiger partial charge in [-0.15, -0.1) is 10.2 Å². The fourth-order valence-corrected chi connectivity index (χ4v) is 3.12. The van der Waals surface area contributed by atoms with Crippen LogP contribution in [0.15, 0.2) is 4.34 Å². The SMILES string of the molecule is CCC(=O)Nc1nnc(S(=O)(=O)NC(C)C)s1. The minimum Gasteiger partial charge on any atom is -0.301 e. The van der Waals surface area contributed by atoms with Gasteiger partial charge in [0.25, 0.3) is 10.0 Å². The van der Waals surface area contributed by atoms with Gasteiger partial charge in [0.1, 0.15) is 0 Å². The lowest BCUT2D eigenvalue weighted by Gasteiger charge is -2.05. The molecule has 0 unspecified atom stereocenters. The lowest BCUT2D eigenvalue weighted by molar-refractivity contribution is -0.115. The Morgan fingerprint density at radius 3 is 2.59 bits per heavy atom. The molecular weight excluding hydrogens is 264 g/mol. The maximum Gasteiger partial charge on any atom is 0.270 e. The fourth-order valence-electron chi connectivity index (χ4n) is 0.937. The molecule has 17 heavy (non-hydrogen) atoms. The molecule has 96 valence electrons. The predicted molar refractivity (Wildman–Crippen MR) is 64.3 cm³/mol. The lowest BCUT2D eigenvalue weighted by Crippen LogP contribution is -2.30. The highest BCUT2D eigenvalue weighted by Crippen LogP contribution is 2.19. The van der Waals surface area contributed by atoms with E-state index in [-0.39, 0.29) is 21.4 Å². The zero-order valence-corrected chi connectivity index (χ0v) is 11.4. The second-order valence-corrected chi connectivity index (χ2v) is 6.42. The highest BCUT2D eigenvalue weighted by Gasteiger charge is 2.21. The first kappa shape index (κ1) is 14.0. The second-order valence-electron chi connectivity index (χ2n) is 3.55. The fraction of sp³-hybridized carbons (Fsp3) is 0.625. The van der Waals surface area contributed by atoms with Gasteiger partial charge in [-0.2, -0.15) is 0 Å². The topological polar surface area (TPSA) is 101 Å². The summed E-state index contributed by atoms with van der Waals surface area (Å²) in [6.07, 6.45) is 0.298. The van der Waals surface area contributed by atoms with E-state index in [9.17, 15) is 13.2 Å². The van der Waals surface area contributed by atoms with E-state index < -0.39 is 10.0 Å². The standard InChI is InChI=1S/C8H14N4O3S2/c1-4-6(13)9-7-10-11-8(16-7)17(14,15)12-5(2)3/h5,12H,4H2,1-3H3,(H,9,10,13). The molecule has 2 N–H and O–H groups in total. The van der Waals surface area contributed by atoms with E-state index in [1.54, 1.807) is 20.8 Å². The summed E-state index contributed by atoms with van der Waals surface area (Å²) >= 11 is 0.821. The molecule has 1 heterocycles. The summed E-state index contributed by atoms with van der Waals surface area (Å²) in [5.74, 6) is -0.234. The zero-order chi connectivity index (χ0) is 13.1. The summed E-state index contributed by atoms with van der Waals surface area (Å²) in [6.45, 7) is 5.10. The van der Waals surface area contributed by atoms with Gasteiger partial charge in [0.15, 0.2) is 0 Å². The number of aromatic nitrogens is 2. The number of hydrogen-bond donors (Lipinski definition) is 2. The lowest BCUT2D eigenvalue weighted by atomic mass is 10.4. The van der Waals surface area contributed by atoms with Crippen LogP contribution < -0.4 is 10.0 Å². The first-order valence-electron chi connectivity index (χ1n) is 5.01. The Balaban J connectivity index is 2.84. The average molecular weight is 278 g/mol. The maximum atomic E-state index is 11.7. The Bertz CT molecular complexity index is 495. The molecule has 0 saturated heterocycles. The molecular formula is C8H14N4O3S2. The van der Waals surface area contributed by atoms with Gasteiger partial charge in [-0.3, -0.25) is 4.79 Å². The molecule has 1 aromatic heterocycles. The molecule has 1 amide bonds. The Labute approximate surface area is 104 Å². The van der Waals surface area contributed by atoms with Crippen LogP contribution in [0.2, 0.25) is 0 Å². The van der Waals surface area contributed by atoms with E-state index in [1.165, 1.54) is 0 Å². The number of hydrogen-bond acceptors (Lipinski definition) is 6. The van der Waals surface area contributed by atoms with Crippen molar-refractivity contribution in [3.05, 3.63) is 0 Å². The summed E-state index contributed by atoms with van der Waals surface area (Å²) in [7, 11) is -3.64. The number of nitrogens with one attached hydrogen (secondary N) is 2. The van der Waals surface area contributed by atoms with Crippen LogP contribution >= 0.6 is 11.3 Å². The van der Waals surface area contributed by atoms with E-state index in [2.05, 4.69) is 20.2 Å². The van der Waals surface area contributed by atoms with Gasteiger partial charge in [0.05, 0.1) is 0 Å². The molecule has 0 spiro atoms. The summed E-state index contributed by atoms with van der Waals surface area (Å²) in [5, 5.41) is 9.76. The first-order chi connectivity index (χ1) is 7.85. The quantitative estimate of drug-likeness (QED) is 0.767. The number of anilines is 1. The molecule has 0 aliphatic carbocycles. The smallest absolute Gasteiger partial charge is 0.270 e. The number of carbonyl (C=O) groups is 1. The van der Waals surface area contributed by atoms with E-state index in [1.807, 2.05) is 0 Å². The normalized spacial score (nSPS) is 11.8. The molecule has 0 fully saturated rings. The third kappa shape index (κ3) is 4.02. The number of amides is 1. The van der Waals surface area contributed by atoms with Crippen molar-refractivity contribution in [2.24, 2.45) is 0 Å². The van der Waals surface area contributed by atoms with Gasteiger partial charge in [0, 0.05) is 12.5 Å². The molecule has 7 nitrogen and oxygen atoms in total. The van der Waals surface area contributed by atoms with Gasteiger partial charge in [-0.1, -0.05) is 18.3 Å². The van der Waals surface area contributed by atoms with Crippen molar-refractivity contribution < 1.29 is 13.2 Å². The highest BCUT2D eigenvalue weighted by atomic mass is 32.2. The number of carbonyl (C=O) groups excluding carboxylic acids is 1. The predicted octanol–water partition coefficient (Wildman–Crippen LogP) is 0.573. The third-order valence-electron chi connectivity index (χ3n) is 1.59. The zero-order valence-electron chi connectivity index (χ0n) is 9.72. The van der Waals surface area contributed by atoms with E-state index in [0.29, 0.717) is 6.42 Å². The van der Waals surface area contributed by atoms with E-state index >= 15 is 0 Å². The second kappa shape index (κ2) is 5.52. The monoisotopic (exact) mass is 278 g/mol. The van der Waals surface area contributed by atoms with Crippen molar-refractivity contribution in [1.82, 2.24) is 14.9 Å². The van der Waals surface area contributed by atoms with E-state index in [4.69, 9.17) is 0 Å². The van der Waals surface area contributed by atoms with Crippen LogP contribution in [0, 0.1) is 0 Å². The average Bonchev–Trinajstić information content (AvgIpc) is 2.64. The first-order valence-corrected chi connectivity index (χ1v) is 7.30. The Morgan fingerprint density at radius 2 is 2.06 bits per heavy atom. The molecule has 0 aromatic carbocycles. The Kier molecular flexibility index (Phi) is 4.54. The van der Waals surface area contributed by atoms with Gasteiger partial charge in [-0.05, 0) is 13.8 Å². The molecule has 0 radical (unpaired) electrons. The van der Waals surface area contributed by atoms with Crippen molar-refractivity contribution in [1.29, 1.82) is 0 Å². The van der Waals surface area contributed by atoms with Crippen molar-refractivity contribution in [3.63, 3.8) is 0 Å². The summed E-state index contributed by atoms with van der Waals surface area (Å²) in [5.41, 5.74) is 0. The summed E-state index contributed by atoms with van der Waals surface area (Å²) in [4.78, 5) is 11.1. The van der Waals surface area contributed by atoms with Gasteiger partial charge < -0.3 is 5.32 Å². The van der Waals surface area contributed by atoms with Crippen molar-refractivity contribution in [3.8, 4) is 0 Å². The molecule has 9 heteroatoms. The van der Waals surface area contributed by atoms with Crippen LogP contribution in [-0.2, 0) is 14.8 Å². The van der Waals surface area contributed by atoms with Crippen molar-refractivity contribution in [2.45, 2.75) is 37.6 Å². The van der Waals surface area contributed by atoms with Crippen LogP contribution in [0.4, 0.5) is 5.13 Å². The summed E-state index contributed by atoms with van der Waals surface area (Å²) < 4.78 is 25.6. The molecule has 0 aliphatic rings. The highest BCUT2D eigenvalue weighted by molar-refractivity contribution is 7.91. The minimum absolute atomic E-state index is 0.155. The molecule has 0 aliphatic heterocycles. The summed E-state index contributed by atoms with van der Waals surface area (Å²) in [6, 6.07) is -0.224. The van der Waals surface area contributed by atoms with Gasteiger partial charge in [-0.25, -0.2) is 13.1 Å². The van der Waals surface area contributed by atoms with Crippen LogP contribution in [0.1, 0.15) is 27.2 Å². The third-order valence-corrected chi connectivity index (χ3v) is 4.46. The van der Waals surface area contributed by atoms with E-state index in [0.717, 1.165) is 11.3 Å². The van der Waals surface area contributed by atoms with Crippen molar-refractivity contribution in [2.75, 3.05) is 5.32 Å². The minimum atomic E-state index is -3.64. The maximum absolute atomic E-state index is 11.7. The van der Waals surface area contributed by atoms with Crippen molar-refractivity contribution >= 4 is 32.4 Å². The molecule has 1 rings (SSSR count). The van der Waals surface area contributed by atoms with Gasteiger partial charge >= 0.3 is 0 Å². The van der Waals surface area contributed by atoms with Gasteiger partial charge in [0.2, 0.25) is 15.4 Å². The van der Waals surface area contributed by atoms with Crippen LogP contribution in [-0.4, -0.2) is 30.6 Å². The molecule has 0 saturated carbocycles. The Morgan fingerprint density at radius 1 is 1.41 bits per heavy atom. The molecule has 0 bridgehead atoms. The molecule has 0 atom stereocenters. The number of sulfonamides is 1. The van der Waals surface area contributed by atoms with Crippen LogP contribution in [0.25, 0.3) is 0 Å². The Hall–Kier alpha value is -1.06. The van der Waals surface area contributed by atoms with Crippen LogP contribution in [0.5, 0.6) is 0 Å². The number of rotatable bonds is 5.